The van der Waals surface area contributed by atoms with Gasteiger partial charge >= 0.3 is 0 Å². The van der Waals surface area contributed by atoms with Crippen molar-refractivity contribution in [3.8, 4) is 0 Å². The Morgan fingerprint density at radius 3 is 2.94 bits per heavy atom. The van der Waals surface area contributed by atoms with E-state index in [2.05, 4.69) is 11.1 Å². The number of rotatable bonds is 2. The molecular weight excluding hydrogens is 202 g/mol. The second kappa shape index (κ2) is 3.34. The van der Waals surface area contributed by atoms with Crippen molar-refractivity contribution in [1.29, 1.82) is 0 Å². The molecule has 0 saturated heterocycles. The van der Waals surface area contributed by atoms with E-state index in [1.54, 1.807) is 7.11 Å². The molecule has 1 fully saturated rings. The highest BCUT2D eigenvalue weighted by Gasteiger charge is 2.44. The SMILES string of the molecule is COC1CC(O)(c2ccc3[nH]ccc3c2)C1. The number of hydrogen-bond acceptors (Lipinski definition) is 2. The van der Waals surface area contributed by atoms with Crippen LogP contribution in [0.15, 0.2) is 30.5 Å². The molecule has 1 heterocycles. The summed E-state index contributed by atoms with van der Waals surface area (Å²) >= 11 is 0. The van der Waals surface area contributed by atoms with Gasteiger partial charge in [-0.2, -0.15) is 0 Å². The predicted molar refractivity (Wildman–Crippen MR) is 62.2 cm³/mol. The molecule has 0 aliphatic heterocycles. The zero-order valence-electron chi connectivity index (χ0n) is 9.23. The third kappa shape index (κ3) is 1.36. The van der Waals surface area contributed by atoms with Crippen molar-refractivity contribution in [2.45, 2.75) is 24.5 Å². The number of aromatic nitrogens is 1. The first-order valence-electron chi connectivity index (χ1n) is 5.54. The summed E-state index contributed by atoms with van der Waals surface area (Å²) in [6, 6.07) is 8.08. The van der Waals surface area contributed by atoms with Crippen LogP contribution in [0, 0.1) is 0 Å². The van der Waals surface area contributed by atoms with Crippen molar-refractivity contribution in [2.75, 3.05) is 7.11 Å². The van der Waals surface area contributed by atoms with Gasteiger partial charge in [-0.05, 0) is 29.1 Å². The van der Waals surface area contributed by atoms with Crippen LogP contribution in [0.5, 0.6) is 0 Å². The molecule has 16 heavy (non-hydrogen) atoms. The highest BCUT2D eigenvalue weighted by molar-refractivity contribution is 5.80. The molecule has 1 aliphatic carbocycles. The lowest BCUT2D eigenvalue weighted by molar-refractivity contribution is -0.133. The summed E-state index contributed by atoms with van der Waals surface area (Å²) in [4.78, 5) is 3.15. The number of fused-ring (bicyclic) bond motifs is 1. The molecule has 3 nitrogen and oxygen atoms in total. The standard InChI is InChI=1S/C13H15NO2/c1-16-11-7-13(15,8-11)10-2-3-12-9(6-10)4-5-14-12/h2-6,11,14-15H,7-8H2,1H3. The van der Waals surface area contributed by atoms with E-state index in [-0.39, 0.29) is 6.10 Å². The Morgan fingerprint density at radius 1 is 1.38 bits per heavy atom. The van der Waals surface area contributed by atoms with Crippen molar-refractivity contribution in [2.24, 2.45) is 0 Å². The van der Waals surface area contributed by atoms with E-state index < -0.39 is 5.60 Å². The van der Waals surface area contributed by atoms with Gasteiger partial charge in [0, 0.05) is 31.7 Å². The normalized spacial score (nSPS) is 29.2. The maximum Gasteiger partial charge on any atom is 0.0946 e. The second-order valence-corrected chi connectivity index (χ2v) is 4.58. The van der Waals surface area contributed by atoms with Crippen LogP contribution in [-0.2, 0) is 10.3 Å². The molecule has 0 radical (unpaired) electrons. The maximum atomic E-state index is 10.4. The summed E-state index contributed by atoms with van der Waals surface area (Å²) in [7, 11) is 1.69. The smallest absolute Gasteiger partial charge is 0.0946 e. The average Bonchev–Trinajstić information content (AvgIpc) is 2.71. The van der Waals surface area contributed by atoms with Gasteiger partial charge in [-0.25, -0.2) is 0 Å². The first kappa shape index (κ1) is 9.87. The summed E-state index contributed by atoms with van der Waals surface area (Å²) in [5.74, 6) is 0. The molecule has 3 rings (SSSR count). The van der Waals surface area contributed by atoms with Crippen LogP contribution in [0.3, 0.4) is 0 Å². The Bertz CT molecular complexity index is 511. The number of aliphatic hydroxyl groups is 1. The maximum absolute atomic E-state index is 10.4. The van der Waals surface area contributed by atoms with E-state index in [0.717, 1.165) is 16.5 Å². The molecule has 2 N–H and O–H groups in total. The van der Waals surface area contributed by atoms with Gasteiger partial charge in [-0.3, -0.25) is 0 Å². The third-order valence-corrected chi connectivity index (χ3v) is 3.55. The van der Waals surface area contributed by atoms with Crippen LogP contribution in [-0.4, -0.2) is 23.3 Å². The van der Waals surface area contributed by atoms with Crippen LogP contribution in [0.4, 0.5) is 0 Å². The molecular formula is C13H15NO2. The summed E-state index contributed by atoms with van der Waals surface area (Å²) in [6.45, 7) is 0. The highest BCUT2D eigenvalue weighted by Crippen LogP contribution is 2.43. The molecule has 1 aromatic carbocycles. The van der Waals surface area contributed by atoms with E-state index in [1.165, 1.54) is 0 Å². The molecule has 84 valence electrons. The summed E-state index contributed by atoms with van der Waals surface area (Å²) < 4.78 is 5.21. The van der Waals surface area contributed by atoms with E-state index >= 15 is 0 Å². The van der Waals surface area contributed by atoms with E-state index in [9.17, 15) is 5.11 Å². The molecule has 0 bridgehead atoms. The molecule has 0 amide bonds. The molecule has 1 saturated carbocycles. The van der Waals surface area contributed by atoms with Crippen molar-refractivity contribution < 1.29 is 9.84 Å². The quantitative estimate of drug-likeness (QED) is 0.809. The van der Waals surface area contributed by atoms with Crippen molar-refractivity contribution >= 4 is 10.9 Å². The fourth-order valence-electron chi connectivity index (χ4n) is 2.44. The molecule has 2 aromatic rings. The van der Waals surface area contributed by atoms with Crippen molar-refractivity contribution in [3.63, 3.8) is 0 Å². The number of aromatic amines is 1. The van der Waals surface area contributed by atoms with Gasteiger partial charge in [-0.15, -0.1) is 0 Å². The van der Waals surface area contributed by atoms with Gasteiger partial charge in [0.2, 0.25) is 0 Å². The minimum absolute atomic E-state index is 0.201. The Balaban J connectivity index is 1.94. The van der Waals surface area contributed by atoms with Gasteiger partial charge in [0.25, 0.3) is 0 Å². The van der Waals surface area contributed by atoms with Gasteiger partial charge in [-0.1, -0.05) is 6.07 Å². The van der Waals surface area contributed by atoms with Crippen LogP contribution in [0.25, 0.3) is 10.9 Å². The van der Waals surface area contributed by atoms with Gasteiger partial charge in [0.05, 0.1) is 11.7 Å². The first-order chi connectivity index (χ1) is 7.71. The molecule has 0 unspecified atom stereocenters. The molecule has 0 atom stereocenters. The number of ether oxygens (including phenoxy) is 1. The summed E-state index contributed by atoms with van der Waals surface area (Å²) in [5, 5.41) is 11.5. The molecule has 0 spiro atoms. The second-order valence-electron chi connectivity index (χ2n) is 4.58. The van der Waals surface area contributed by atoms with Gasteiger partial charge in [0.1, 0.15) is 0 Å². The minimum Gasteiger partial charge on any atom is -0.385 e. The number of nitrogens with one attached hydrogen (secondary N) is 1. The monoisotopic (exact) mass is 217 g/mol. The highest BCUT2D eigenvalue weighted by atomic mass is 16.5. The predicted octanol–water partition coefficient (Wildman–Crippen LogP) is 2.16. The van der Waals surface area contributed by atoms with Crippen LogP contribution in [0.1, 0.15) is 18.4 Å². The number of methoxy groups -OCH3 is 1. The zero-order valence-corrected chi connectivity index (χ0v) is 9.23. The van der Waals surface area contributed by atoms with Crippen molar-refractivity contribution in [1.82, 2.24) is 4.98 Å². The fraction of sp³-hybridized carbons (Fsp3) is 0.385. The molecule has 3 heteroatoms. The topological polar surface area (TPSA) is 45.2 Å². The molecule has 1 aliphatic rings. The van der Waals surface area contributed by atoms with Crippen LogP contribution >= 0.6 is 0 Å². The lowest BCUT2D eigenvalue weighted by Gasteiger charge is -2.43. The number of H-pyrrole nitrogens is 1. The average molecular weight is 217 g/mol. The Hall–Kier alpha value is -1.32. The van der Waals surface area contributed by atoms with Gasteiger partial charge < -0.3 is 14.8 Å². The third-order valence-electron chi connectivity index (χ3n) is 3.55. The van der Waals surface area contributed by atoms with Crippen LogP contribution < -0.4 is 0 Å². The molecule has 1 aromatic heterocycles. The number of benzene rings is 1. The summed E-state index contributed by atoms with van der Waals surface area (Å²) in [6.07, 6.45) is 3.50. The Labute approximate surface area is 94.0 Å². The fourth-order valence-corrected chi connectivity index (χ4v) is 2.44. The van der Waals surface area contributed by atoms with Crippen LogP contribution in [0.2, 0.25) is 0 Å². The Kier molecular flexibility index (Phi) is 2.06. The van der Waals surface area contributed by atoms with Crippen molar-refractivity contribution in [3.05, 3.63) is 36.0 Å². The lowest BCUT2D eigenvalue weighted by Crippen LogP contribution is -2.45. The van der Waals surface area contributed by atoms with Gasteiger partial charge in [0.15, 0.2) is 0 Å². The first-order valence-corrected chi connectivity index (χ1v) is 5.54. The largest absolute Gasteiger partial charge is 0.385 e. The minimum atomic E-state index is -0.688. The Morgan fingerprint density at radius 2 is 2.19 bits per heavy atom. The number of hydrogen-bond donors (Lipinski definition) is 2. The lowest BCUT2D eigenvalue weighted by atomic mass is 9.72. The summed E-state index contributed by atoms with van der Waals surface area (Å²) in [5.41, 5.74) is 1.41. The zero-order chi connectivity index (χ0) is 11.2. The van der Waals surface area contributed by atoms with E-state index in [0.29, 0.717) is 12.8 Å². The van der Waals surface area contributed by atoms with E-state index in [1.807, 2.05) is 24.4 Å². The van der Waals surface area contributed by atoms with E-state index in [4.69, 9.17) is 4.74 Å².